The molecule has 25 nitrogen and oxygen atoms in total. The summed E-state index contributed by atoms with van der Waals surface area (Å²) in [6.07, 6.45) is -10.0. The van der Waals surface area contributed by atoms with Crippen molar-refractivity contribution in [2.45, 2.75) is 30.7 Å². The summed E-state index contributed by atoms with van der Waals surface area (Å²) in [5, 5.41) is -0.130. The van der Waals surface area contributed by atoms with Gasteiger partial charge in [-0.2, -0.15) is 0 Å². The summed E-state index contributed by atoms with van der Waals surface area (Å²) in [6, 6.07) is 7.55. The zero-order chi connectivity index (χ0) is 56.7. The second-order valence-corrected chi connectivity index (χ2v) is 17.0. The lowest BCUT2D eigenvalue weighted by molar-refractivity contribution is -0.282. The fourth-order valence-electron chi connectivity index (χ4n) is 9.85. The average Bonchev–Trinajstić information content (AvgIpc) is 3.98. The van der Waals surface area contributed by atoms with Crippen LogP contribution in [0.5, 0.6) is 74.7 Å². The highest BCUT2D eigenvalue weighted by Gasteiger charge is 2.56. The Morgan fingerprint density at radius 3 is 1.20 bits per heavy atom. The van der Waals surface area contributed by atoms with E-state index in [1.807, 2.05) is 0 Å². The maximum Gasteiger partial charge on any atom is 0.340 e. The molecule has 0 N–H and O–H groups in total. The monoisotopic (exact) mass is 1100 g/mol. The standard InChI is InChI=1S/C54H52O25/c1-60-26-14-21(15-27(61-2)37(26)66-7)49(55)79-54-48-47-42(76-51(57)24-18-30(64-5)40(69-10)45-35(24)36-25(53(59)78-48)19-31(65-6)41(70-11)46(36)75-45)32(74-54)20-73-50(56)22-16-28(62-3)38(67-8)43(71-12)33(22)34-23(52(58)77-47)17-29(63-4)39(68-9)44(34)72-13/h14-19,32,42,47-48,54H,20H2,1-13H3/t32-,42-,47+,48-,54+/m1/s1. The second-order valence-electron chi connectivity index (χ2n) is 17.0. The smallest absolute Gasteiger partial charge is 0.340 e. The summed E-state index contributed by atoms with van der Waals surface area (Å²) in [5.74, 6) is -6.41. The molecular formula is C54H52O25. The Bertz CT molecular complexity index is 3420. The largest absolute Gasteiger partial charge is 0.493 e. The minimum Gasteiger partial charge on any atom is -0.493 e. The fourth-order valence-corrected chi connectivity index (χ4v) is 9.85. The van der Waals surface area contributed by atoms with Crippen LogP contribution in [0.3, 0.4) is 0 Å². The summed E-state index contributed by atoms with van der Waals surface area (Å²) in [5.41, 5.74) is -2.17. The Morgan fingerprint density at radius 2 is 0.772 bits per heavy atom. The van der Waals surface area contributed by atoms with Gasteiger partial charge in [0.25, 0.3) is 0 Å². The second kappa shape index (κ2) is 21.9. The summed E-state index contributed by atoms with van der Waals surface area (Å²) in [4.78, 5) is 76.1. The Hall–Kier alpha value is -9.39. The van der Waals surface area contributed by atoms with E-state index < -0.39 is 72.7 Å². The van der Waals surface area contributed by atoms with Crippen molar-refractivity contribution < 1.29 is 118 Å². The first-order valence-corrected chi connectivity index (χ1v) is 23.6. The van der Waals surface area contributed by atoms with Gasteiger partial charge >= 0.3 is 29.8 Å². The van der Waals surface area contributed by atoms with Gasteiger partial charge < -0.3 is 94.4 Å². The first-order valence-electron chi connectivity index (χ1n) is 23.6. The van der Waals surface area contributed by atoms with E-state index in [1.54, 1.807) is 0 Å². The number of furan rings is 1. The van der Waals surface area contributed by atoms with Gasteiger partial charge in [0.05, 0.1) is 120 Å². The van der Waals surface area contributed by atoms with Crippen molar-refractivity contribution in [2.75, 3.05) is 99.0 Å². The maximum atomic E-state index is 15.7. The van der Waals surface area contributed by atoms with Crippen molar-refractivity contribution in [1.82, 2.24) is 0 Å². The van der Waals surface area contributed by atoms with E-state index in [2.05, 4.69) is 0 Å². The van der Waals surface area contributed by atoms with Gasteiger partial charge in [-0.25, -0.2) is 24.0 Å². The molecule has 0 amide bonds. The zero-order valence-electron chi connectivity index (χ0n) is 44.8. The number of cyclic esters (lactones) is 1. The van der Waals surface area contributed by atoms with Crippen LogP contribution in [0.15, 0.2) is 40.8 Å². The number of methoxy groups -OCH3 is 13. The minimum absolute atomic E-state index is 0.0142. The lowest BCUT2D eigenvalue weighted by atomic mass is 9.91. The number of fused-ring (bicyclic) bond motifs is 3. The molecule has 0 spiro atoms. The lowest BCUT2D eigenvalue weighted by Crippen LogP contribution is -2.63. The Labute approximate surface area is 448 Å². The molecule has 3 aliphatic rings. The molecule has 0 unspecified atom stereocenters. The van der Waals surface area contributed by atoms with Gasteiger partial charge in [-0.15, -0.1) is 0 Å². The number of carbonyl (C=O) groups is 5. The van der Waals surface area contributed by atoms with Gasteiger partial charge in [0, 0.05) is 21.9 Å². The molecule has 25 heteroatoms. The first-order chi connectivity index (χ1) is 38.2. The Morgan fingerprint density at radius 1 is 0.405 bits per heavy atom. The van der Waals surface area contributed by atoms with Gasteiger partial charge in [0.2, 0.25) is 41.1 Å². The van der Waals surface area contributed by atoms with Gasteiger partial charge in [-0.05, 0) is 36.4 Å². The van der Waals surface area contributed by atoms with E-state index in [9.17, 15) is 4.79 Å². The van der Waals surface area contributed by atoms with E-state index in [4.69, 9.17) is 94.4 Å². The third-order valence-electron chi connectivity index (χ3n) is 13.3. The number of esters is 5. The van der Waals surface area contributed by atoms with E-state index >= 15 is 19.2 Å². The van der Waals surface area contributed by atoms with Crippen LogP contribution < -0.4 is 61.6 Å². The fraction of sp³-hybridized carbons (Fsp3) is 0.352. The highest BCUT2D eigenvalue weighted by molar-refractivity contribution is 6.24. The van der Waals surface area contributed by atoms with Crippen LogP contribution in [0, 0.1) is 0 Å². The number of hydrogen-bond donors (Lipinski definition) is 0. The van der Waals surface area contributed by atoms with E-state index in [1.165, 1.54) is 129 Å². The van der Waals surface area contributed by atoms with Crippen molar-refractivity contribution in [3.05, 3.63) is 64.2 Å². The van der Waals surface area contributed by atoms with E-state index in [0.717, 1.165) is 0 Å². The Balaban J connectivity index is 1.35. The van der Waals surface area contributed by atoms with Crippen LogP contribution in [0.4, 0.5) is 0 Å². The highest BCUT2D eigenvalue weighted by atomic mass is 16.7. The maximum absolute atomic E-state index is 15.7. The molecule has 3 aliphatic heterocycles. The van der Waals surface area contributed by atoms with Crippen LogP contribution in [-0.2, 0) is 28.4 Å². The van der Waals surface area contributed by atoms with Gasteiger partial charge in [-0.3, -0.25) is 0 Å². The predicted octanol–water partition coefficient (Wildman–Crippen LogP) is 6.41. The van der Waals surface area contributed by atoms with Crippen molar-refractivity contribution >= 4 is 51.8 Å². The highest BCUT2D eigenvalue weighted by Crippen LogP contribution is 2.56. The van der Waals surface area contributed by atoms with Crippen molar-refractivity contribution in [2.24, 2.45) is 0 Å². The van der Waals surface area contributed by atoms with Crippen molar-refractivity contribution in [3.8, 4) is 85.9 Å². The molecule has 6 aromatic rings. The molecule has 1 fully saturated rings. The Kier molecular flexibility index (Phi) is 15.1. The molecular weight excluding hydrogens is 1050 g/mol. The number of benzene rings is 5. The minimum atomic E-state index is -2.13. The molecule has 5 aromatic carbocycles. The number of rotatable bonds is 15. The SMILES string of the molecule is COc1cc(C(=O)O[C@@H]2O[C@@H]3COC(=O)c4cc(OC)c(OC)c(OC)c4-c4c(cc(OC)c(OC)c4OC)C(=O)O[C@@H]4[C@H]2OC(=O)c2cc(OC)c(OC)c5oc6c(OC)c(OC)cc(c6c25)C(=O)O[C@@H]43)cc(OC)c1OC. The summed E-state index contributed by atoms with van der Waals surface area (Å²) >= 11 is 0. The molecule has 418 valence electrons. The average molecular weight is 1100 g/mol. The molecule has 0 radical (unpaired) electrons. The van der Waals surface area contributed by atoms with Gasteiger partial charge in [-0.1, -0.05) is 0 Å². The quantitative estimate of drug-likeness (QED) is 0.0793. The van der Waals surface area contributed by atoms with Crippen molar-refractivity contribution in [3.63, 3.8) is 0 Å². The van der Waals surface area contributed by atoms with Crippen molar-refractivity contribution in [1.29, 1.82) is 0 Å². The molecule has 1 saturated heterocycles. The van der Waals surface area contributed by atoms with Crippen LogP contribution in [0.2, 0.25) is 0 Å². The molecule has 79 heavy (non-hydrogen) atoms. The van der Waals surface area contributed by atoms with Crippen LogP contribution >= 0.6 is 0 Å². The molecule has 4 bridgehead atoms. The third kappa shape index (κ3) is 8.84. The molecule has 5 atom stereocenters. The zero-order valence-corrected chi connectivity index (χ0v) is 44.8. The summed E-state index contributed by atoms with van der Waals surface area (Å²) < 4.78 is 118. The number of carbonyl (C=O) groups excluding carboxylic acids is 5. The first kappa shape index (κ1) is 54.4. The van der Waals surface area contributed by atoms with E-state index in [-0.39, 0.29) is 130 Å². The number of hydrogen-bond acceptors (Lipinski definition) is 25. The van der Waals surface area contributed by atoms with Gasteiger partial charge in [0.1, 0.15) is 12.7 Å². The number of ether oxygens (including phenoxy) is 19. The molecule has 9 rings (SSSR count). The van der Waals surface area contributed by atoms with Crippen LogP contribution in [0.1, 0.15) is 51.8 Å². The lowest BCUT2D eigenvalue weighted by Gasteiger charge is -2.44. The topological polar surface area (TPSA) is 274 Å². The third-order valence-corrected chi connectivity index (χ3v) is 13.3. The predicted molar refractivity (Wildman–Crippen MR) is 269 cm³/mol. The van der Waals surface area contributed by atoms with E-state index in [0.29, 0.717) is 0 Å². The molecule has 0 saturated carbocycles. The summed E-state index contributed by atoms with van der Waals surface area (Å²) in [7, 11) is 17.0. The van der Waals surface area contributed by atoms with Gasteiger partial charge in [0.15, 0.2) is 69.4 Å². The molecule has 0 aliphatic carbocycles. The molecule has 1 aromatic heterocycles. The summed E-state index contributed by atoms with van der Waals surface area (Å²) in [6.45, 7) is -0.873. The molecule has 4 heterocycles. The van der Waals surface area contributed by atoms with Crippen LogP contribution in [-0.4, -0.2) is 160 Å². The van der Waals surface area contributed by atoms with Crippen LogP contribution in [0.25, 0.3) is 33.1 Å². The normalized spacial score (nSPS) is 18.5.